The molecule has 0 saturated carbocycles. The van der Waals surface area contributed by atoms with Crippen molar-refractivity contribution in [2.24, 2.45) is 0 Å². The van der Waals surface area contributed by atoms with E-state index in [1.54, 1.807) is 10.9 Å². The van der Waals surface area contributed by atoms with E-state index in [9.17, 15) is 27.6 Å². The maximum absolute atomic E-state index is 12.7. The highest BCUT2D eigenvalue weighted by Gasteiger charge is 2.42. The number of nitrogens with zero attached hydrogens (tertiary/aromatic N) is 2. The molecule has 0 radical (unpaired) electrons. The standard InChI is InChI=1S/C12H22N4O10S/c1-5-23-9(17)13-15(11(19)25-7-3)27(21,22)16(12(20)26-8-4)14-10(18)24-6-2/h5-8H2,1-4H3,(H,13,17)(H,14,18). The summed E-state index contributed by atoms with van der Waals surface area (Å²) in [5.41, 5.74) is 3.19. The Morgan fingerprint density at radius 3 is 1.22 bits per heavy atom. The van der Waals surface area contributed by atoms with Gasteiger partial charge in [0.25, 0.3) is 0 Å². The van der Waals surface area contributed by atoms with Gasteiger partial charge < -0.3 is 18.9 Å². The second kappa shape index (κ2) is 11.6. The van der Waals surface area contributed by atoms with Gasteiger partial charge in [-0.2, -0.15) is 8.42 Å². The number of amides is 4. The second-order valence-electron chi connectivity index (χ2n) is 4.10. The summed E-state index contributed by atoms with van der Waals surface area (Å²) in [5.74, 6) is 0. The Balaban J connectivity index is 5.91. The molecule has 0 spiro atoms. The number of hydrazine groups is 2. The van der Waals surface area contributed by atoms with Crippen molar-refractivity contribution in [2.75, 3.05) is 26.4 Å². The van der Waals surface area contributed by atoms with Crippen molar-refractivity contribution in [1.82, 2.24) is 19.7 Å². The van der Waals surface area contributed by atoms with Crippen LogP contribution in [-0.2, 0) is 29.2 Å². The minimum atomic E-state index is -5.24. The van der Waals surface area contributed by atoms with Gasteiger partial charge in [-0.1, -0.05) is 8.83 Å². The van der Waals surface area contributed by atoms with Crippen LogP contribution in [0, 0.1) is 0 Å². The number of hydrogen-bond donors (Lipinski definition) is 2. The molecule has 0 aromatic rings. The molecular formula is C12H22N4O10S. The fourth-order valence-electron chi connectivity index (χ4n) is 1.33. The Labute approximate surface area is 155 Å². The highest BCUT2D eigenvalue weighted by Crippen LogP contribution is 2.09. The van der Waals surface area contributed by atoms with Crippen molar-refractivity contribution in [2.45, 2.75) is 27.7 Å². The van der Waals surface area contributed by atoms with Gasteiger partial charge in [-0.25, -0.2) is 30.0 Å². The van der Waals surface area contributed by atoms with Crippen LogP contribution in [0.2, 0.25) is 0 Å². The molecule has 0 heterocycles. The van der Waals surface area contributed by atoms with Crippen LogP contribution >= 0.6 is 0 Å². The molecule has 0 aromatic heterocycles. The molecule has 0 aromatic carbocycles. The summed E-state index contributed by atoms with van der Waals surface area (Å²) in [7, 11) is -5.24. The summed E-state index contributed by atoms with van der Waals surface area (Å²) in [6, 6.07) is 0. The van der Waals surface area contributed by atoms with E-state index in [1.807, 2.05) is 0 Å². The average Bonchev–Trinajstić information content (AvgIpc) is 2.58. The van der Waals surface area contributed by atoms with Gasteiger partial charge in [-0.15, -0.1) is 0 Å². The second-order valence-corrected chi connectivity index (χ2v) is 5.72. The Hall–Kier alpha value is -2.97. The zero-order valence-electron chi connectivity index (χ0n) is 15.2. The van der Waals surface area contributed by atoms with E-state index in [0.29, 0.717) is 0 Å². The number of rotatable bonds is 6. The average molecular weight is 414 g/mol. The van der Waals surface area contributed by atoms with Gasteiger partial charge in [-0.3, -0.25) is 0 Å². The molecule has 0 bridgehead atoms. The monoisotopic (exact) mass is 414 g/mol. The van der Waals surface area contributed by atoms with E-state index in [1.165, 1.54) is 27.7 Å². The van der Waals surface area contributed by atoms with Crippen LogP contribution in [0.1, 0.15) is 27.7 Å². The molecule has 0 saturated heterocycles. The third-order valence-corrected chi connectivity index (χ3v) is 3.67. The van der Waals surface area contributed by atoms with E-state index in [4.69, 9.17) is 0 Å². The summed E-state index contributed by atoms with van der Waals surface area (Å²) >= 11 is 0. The molecule has 0 rings (SSSR count). The smallest absolute Gasteiger partial charge is 0.444 e. The molecule has 0 aliphatic heterocycles. The SMILES string of the molecule is CCOC(=O)NN(C(=O)OCC)S(=O)(=O)N(NC(=O)OCC)C(=O)OCC. The van der Waals surface area contributed by atoms with Crippen molar-refractivity contribution < 1.29 is 46.5 Å². The molecule has 0 unspecified atom stereocenters. The summed E-state index contributed by atoms with van der Waals surface area (Å²) in [6.07, 6.45) is -5.83. The zero-order valence-corrected chi connectivity index (χ0v) is 16.0. The van der Waals surface area contributed by atoms with Crippen LogP contribution in [0.3, 0.4) is 0 Å². The predicted octanol–water partition coefficient (Wildman–Crippen LogP) is 0.470. The first kappa shape index (κ1) is 24.0. The quantitative estimate of drug-likeness (QED) is 0.460. The van der Waals surface area contributed by atoms with Crippen LogP contribution in [0.5, 0.6) is 0 Å². The van der Waals surface area contributed by atoms with Crippen LogP contribution in [0.15, 0.2) is 0 Å². The first-order chi connectivity index (χ1) is 12.6. The first-order valence-corrected chi connectivity index (χ1v) is 9.11. The maximum Gasteiger partial charge on any atom is 0.444 e. The molecule has 0 atom stereocenters. The number of carbonyl (C=O) groups is 4. The molecule has 0 aliphatic rings. The zero-order chi connectivity index (χ0) is 21.0. The summed E-state index contributed by atoms with van der Waals surface area (Å²) in [6.45, 7) is 4.77. The largest absolute Gasteiger partial charge is 0.449 e. The van der Waals surface area contributed by atoms with Gasteiger partial charge in [-0.05, 0) is 27.7 Å². The van der Waals surface area contributed by atoms with Crippen molar-refractivity contribution in [3.05, 3.63) is 0 Å². The molecule has 15 heteroatoms. The molecule has 2 N–H and O–H groups in total. The van der Waals surface area contributed by atoms with Crippen molar-refractivity contribution in [3.8, 4) is 0 Å². The molecule has 0 aliphatic carbocycles. The number of carbonyl (C=O) groups excluding carboxylic acids is 4. The minimum Gasteiger partial charge on any atom is -0.449 e. The highest BCUT2D eigenvalue weighted by molar-refractivity contribution is 7.87. The summed E-state index contributed by atoms with van der Waals surface area (Å²) < 4.78 is 42.7. The van der Waals surface area contributed by atoms with Crippen LogP contribution in [0.4, 0.5) is 19.2 Å². The number of nitrogens with one attached hydrogen (secondary N) is 2. The van der Waals surface area contributed by atoms with Crippen LogP contribution in [-0.4, -0.2) is 68.0 Å². The first-order valence-electron chi connectivity index (χ1n) is 7.71. The lowest BCUT2D eigenvalue weighted by molar-refractivity contribution is 0.0886. The van der Waals surface area contributed by atoms with Gasteiger partial charge in [0.05, 0.1) is 26.4 Å². The summed E-state index contributed by atoms with van der Waals surface area (Å²) in [4.78, 5) is 47.0. The molecular weight excluding hydrogens is 392 g/mol. The van der Waals surface area contributed by atoms with Crippen molar-refractivity contribution in [3.63, 3.8) is 0 Å². The Bertz CT molecular complexity index is 590. The maximum atomic E-state index is 12.7. The lowest BCUT2D eigenvalue weighted by Crippen LogP contribution is -2.61. The molecule has 27 heavy (non-hydrogen) atoms. The number of ether oxygens (including phenoxy) is 4. The van der Waals surface area contributed by atoms with E-state index >= 15 is 0 Å². The van der Waals surface area contributed by atoms with Gasteiger partial charge in [0.2, 0.25) is 0 Å². The molecule has 4 amide bonds. The van der Waals surface area contributed by atoms with Crippen LogP contribution < -0.4 is 10.9 Å². The Morgan fingerprint density at radius 2 is 0.963 bits per heavy atom. The van der Waals surface area contributed by atoms with Gasteiger partial charge in [0, 0.05) is 0 Å². The van der Waals surface area contributed by atoms with Crippen molar-refractivity contribution >= 4 is 34.6 Å². The normalized spacial score (nSPS) is 10.2. The fraction of sp³-hybridized carbons (Fsp3) is 0.667. The molecule has 0 fully saturated rings. The fourth-order valence-corrected chi connectivity index (χ4v) is 2.36. The van der Waals surface area contributed by atoms with Gasteiger partial charge in [0.1, 0.15) is 0 Å². The third-order valence-electron chi connectivity index (χ3n) is 2.27. The Morgan fingerprint density at radius 1 is 0.667 bits per heavy atom. The lowest BCUT2D eigenvalue weighted by Gasteiger charge is -2.27. The predicted molar refractivity (Wildman–Crippen MR) is 87.0 cm³/mol. The van der Waals surface area contributed by atoms with Gasteiger partial charge >= 0.3 is 34.6 Å². The minimum absolute atomic E-state index is 0.148. The highest BCUT2D eigenvalue weighted by atomic mass is 32.2. The molecule has 14 nitrogen and oxygen atoms in total. The van der Waals surface area contributed by atoms with E-state index in [2.05, 4.69) is 18.9 Å². The van der Waals surface area contributed by atoms with Gasteiger partial charge in [0.15, 0.2) is 0 Å². The van der Waals surface area contributed by atoms with E-state index < -0.39 is 34.6 Å². The molecule has 156 valence electrons. The van der Waals surface area contributed by atoms with Crippen LogP contribution in [0.25, 0.3) is 0 Å². The Kier molecular flexibility index (Phi) is 10.3. The topological polar surface area (TPSA) is 170 Å². The van der Waals surface area contributed by atoms with E-state index in [0.717, 1.165) is 0 Å². The van der Waals surface area contributed by atoms with E-state index in [-0.39, 0.29) is 35.3 Å². The number of hydrogen-bond acceptors (Lipinski definition) is 10. The lowest BCUT2D eigenvalue weighted by atomic mass is 10.9. The van der Waals surface area contributed by atoms with Crippen molar-refractivity contribution in [1.29, 1.82) is 0 Å². The summed E-state index contributed by atoms with van der Waals surface area (Å²) in [5, 5.41) is 0. The third kappa shape index (κ3) is 7.43.